The predicted octanol–water partition coefficient (Wildman–Crippen LogP) is 3.88. The summed E-state index contributed by atoms with van der Waals surface area (Å²) in [4.78, 5) is 29.7. The second kappa shape index (κ2) is 10.4. The molecule has 0 saturated heterocycles. The first-order chi connectivity index (χ1) is 17.1. The summed E-state index contributed by atoms with van der Waals surface area (Å²) >= 11 is 0. The van der Waals surface area contributed by atoms with E-state index in [9.17, 15) is 9.59 Å². The lowest BCUT2D eigenvalue weighted by molar-refractivity contribution is -0.117. The Morgan fingerprint density at radius 1 is 1.00 bits per heavy atom. The largest absolute Gasteiger partial charge is 0.457 e. The van der Waals surface area contributed by atoms with Gasteiger partial charge in [-0.25, -0.2) is 4.79 Å². The molecule has 1 atom stereocenters. The SMILES string of the molecule is [B]C([B])(N)[C@@H](C(=O)Nc1ccc2cnccc2c1)c1ccc(COC(=O)c2ccc(C)cc2C)cc1. The van der Waals surface area contributed by atoms with Crippen LogP contribution in [0, 0.1) is 13.8 Å². The number of nitrogens with zero attached hydrogens (tertiary/aromatic N) is 1. The fourth-order valence-electron chi connectivity index (χ4n) is 4.12. The van der Waals surface area contributed by atoms with E-state index >= 15 is 0 Å². The summed E-state index contributed by atoms with van der Waals surface area (Å²) in [6.45, 7) is 3.92. The Morgan fingerprint density at radius 2 is 1.75 bits per heavy atom. The molecular formula is C28H25B2N3O3. The Bertz CT molecular complexity index is 1420. The van der Waals surface area contributed by atoms with E-state index in [1.54, 1.807) is 48.8 Å². The molecule has 1 aromatic heterocycles. The first-order valence-electron chi connectivity index (χ1n) is 11.5. The van der Waals surface area contributed by atoms with Gasteiger partial charge in [-0.15, -0.1) is 0 Å². The molecule has 4 rings (SSSR count). The highest BCUT2D eigenvalue weighted by Gasteiger charge is 2.32. The molecule has 4 radical (unpaired) electrons. The van der Waals surface area contributed by atoms with Gasteiger partial charge in [0.25, 0.3) is 0 Å². The van der Waals surface area contributed by atoms with Crippen LogP contribution in [0.25, 0.3) is 10.8 Å². The fraction of sp³-hybridized carbons (Fsp3) is 0.179. The third-order valence-electron chi connectivity index (χ3n) is 5.96. The summed E-state index contributed by atoms with van der Waals surface area (Å²) in [5, 5.41) is 2.93. The van der Waals surface area contributed by atoms with Crippen molar-refractivity contribution in [3.63, 3.8) is 0 Å². The molecule has 8 heteroatoms. The fourth-order valence-corrected chi connectivity index (χ4v) is 4.12. The number of benzene rings is 3. The van der Waals surface area contributed by atoms with Gasteiger partial charge < -0.3 is 15.8 Å². The van der Waals surface area contributed by atoms with E-state index in [-0.39, 0.29) is 6.61 Å². The number of nitrogens with two attached hydrogens (primary N) is 1. The highest BCUT2D eigenvalue weighted by molar-refractivity contribution is 6.42. The van der Waals surface area contributed by atoms with Crippen molar-refractivity contribution in [1.82, 2.24) is 4.98 Å². The summed E-state index contributed by atoms with van der Waals surface area (Å²) in [6.07, 6.45) is 3.43. The number of esters is 1. The minimum absolute atomic E-state index is 0.0776. The molecular weight excluding hydrogens is 448 g/mol. The van der Waals surface area contributed by atoms with Crippen molar-refractivity contribution in [1.29, 1.82) is 0 Å². The Labute approximate surface area is 213 Å². The molecule has 0 aliphatic heterocycles. The predicted molar refractivity (Wildman–Crippen MR) is 143 cm³/mol. The molecule has 0 spiro atoms. The van der Waals surface area contributed by atoms with Gasteiger partial charge in [-0.05, 0) is 65.5 Å². The average molecular weight is 473 g/mol. The highest BCUT2D eigenvalue weighted by Crippen LogP contribution is 2.27. The first kappa shape index (κ1) is 25.2. The molecule has 0 aliphatic rings. The van der Waals surface area contributed by atoms with Gasteiger partial charge in [0, 0.05) is 23.5 Å². The van der Waals surface area contributed by atoms with E-state index in [2.05, 4.69) is 10.3 Å². The number of aromatic nitrogens is 1. The zero-order valence-corrected chi connectivity index (χ0v) is 20.2. The highest BCUT2D eigenvalue weighted by atomic mass is 16.5. The van der Waals surface area contributed by atoms with E-state index in [1.807, 2.05) is 44.2 Å². The molecule has 4 aromatic rings. The minimum atomic E-state index is -1.80. The maximum absolute atomic E-state index is 13.2. The van der Waals surface area contributed by atoms with Crippen molar-refractivity contribution in [2.24, 2.45) is 5.73 Å². The molecule has 0 unspecified atom stereocenters. The topological polar surface area (TPSA) is 94.3 Å². The normalized spacial score (nSPS) is 12.2. The number of hydrogen-bond donors (Lipinski definition) is 2. The van der Waals surface area contributed by atoms with Gasteiger partial charge in [0.1, 0.15) is 6.61 Å². The molecule has 1 heterocycles. The number of fused-ring (bicyclic) bond motifs is 1. The smallest absolute Gasteiger partial charge is 0.338 e. The summed E-state index contributed by atoms with van der Waals surface area (Å²) in [7, 11) is 12.0. The number of pyridine rings is 1. The number of hydrogen-bond acceptors (Lipinski definition) is 5. The standard InChI is InChI=1S/C28H25B2N3O3/c1-17-3-10-24(18(2)13-17)27(35)36-16-19-4-6-20(7-5-19)25(28(29,30)31)26(34)33-23-9-8-22-15-32-12-11-21(22)14-23/h3-15,25H,16,31H2,1-2H3,(H,33,34)/t25-/m1/s1. The van der Waals surface area contributed by atoms with Crippen molar-refractivity contribution >= 4 is 44.0 Å². The lowest BCUT2D eigenvalue weighted by atomic mass is 9.54. The van der Waals surface area contributed by atoms with Gasteiger partial charge in [-0.1, -0.05) is 48.0 Å². The molecule has 176 valence electrons. The summed E-state index contributed by atoms with van der Waals surface area (Å²) < 4.78 is 5.47. The van der Waals surface area contributed by atoms with E-state index in [0.29, 0.717) is 16.8 Å². The third kappa shape index (κ3) is 5.83. The molecule has 0 saturated carbocycles. The van der Waals surface area contributed by atoms with Gasteiger partial charge >= 0.3 is 5.97 Å². The average Bonchev–Trinajstić information content (AvgIpc) is 2.82. The number of aryl methyl sites for hydroxylation is 2. The van der Waals surface area contributed by atoms with Crippen LogP contribution in [0.1, 0.15) is 38.5 Å². The molecule has 0 fully saturated rings. The zero-order chi connectivity index (χ0) is 25.9. The molecule has 6 nitrogen and oxygen atoms in total. The molecule has 36 heavy (non-hydrogen) atoms. The number of carbonyl (C=O) groups excluding carboxylic acids is 2. The van der Waals surface area contributed by atoms with Crippen LogP contribution in [0.5, 0.6) is 0 Å². The summed E-state index contributed by atoms with van der Waals surface area (Å²) in [5.41, 5.74) is 10.3. The number of nitrogens with one attached hydrogen (secondary N) is 1. The Kier molecular flexibility index (Phi) is 7.27. The molecule has 0 bridgehead atoms. The van der Waals surface area contributed by atoms with Crippen molar-refractivity contribution < 1.29 is 14.3 Å². The first-order valence-corrected chi connectivity index (χ1v) is 11.5. The van der Waals surface area contributed by atoms with E-state index in [1.165, 1.54) is 0 Å². The number of carbonyl (C=O) groups is 2. The van der Waals surface area contributed by atoms with Crippen LogP contribution < -0.4 is 11.1 Å². The van der Waals surface area contributed by atoms with Crippen LogP contribution >= 0.6 is 0 Å². The maximum atomic E-state index is 13.2. The lowest BCUT2D eigenvalue weighted by Crippen LogP contribution is -2.51. The van der Waals surface area contributed by atoms with Crippen LogP contribution in [0.2, 0.25) is 0 Å². The number of amides is 1. The van der Waals surface area contributed by atoms with Crippen LogP contribution in [0.3, 0.4) is 0 Å². The Balaban J connectivity index is 1.46. The van der Waals surface area contributed by atoms with Crippen molar-refractivity contribution in [3.8, 4) is 0 Å². The van der Waals surface area contributed by atoms with Gasteiger partial charge in [0.05, 0.1) is 27.2 Å². The van der Waals surface area contributed by atoms with Crippen molar-refractivity contribution in [3.05, 3.63) is 107 Å². The van der Waals surface area contributed by atoms with E-state index in [4.69, 9.17) is 26.2 Å². The van der Waals surface area contributed by atoms with E-state index < -0.39 is 23.1 Å². The zero-order valence-electron chi connectivity index (χ0n) is 20.2. The lowest BCUT2D eigenvalue weighted by Gasteiger charge is -2.31. The molecule has 3 N–H and O–H groups in total. The number of ether oxygens (including phenoxy) is 1. The maximum Gasteiger partial charge on any atom is 0.338 e. The third-order valence-corrected chi connectivity index (χ3v) is 5.96. The quantitative estimate of drug-likeness (QED) is 0.314. The second-order valence-electron chi connectivity index (χ2n) is 9.00. The summed E-state index contributed by atoms with van der Waals surface area (Å²) in [5.74, 6) is -1.87. The van der Waals surface area contributed by atoms with Crippen molar-refractivity contribution in [2.75, 3.05) is 5.32 Å². The van der Waals surface area contributed by atoms with E-state index in [0.717, 1.165) is 27.5 Å². The van der Waals surface area contributed by atoms with Gasteiger partial charge in [0.15, 0.2) is 0 Å². The van der Waals surface area contributed by atoms with Gasteiger partial charge in [-0.3, -0.25) is 9.78 Å². The van der Waals surface area contributed by atoms with Gasteiger partial charge in [0.2, 0.25) is 5.91 Å². The second-order valence-corrected chi connectivity index (χ2v) is 9.00. The number of rotatable bonds is 7. The van der Waals surface area contributed by atoms with Crippen LogP contribution in [-0.2, 0) is 16.1 Å². The van der Waals surface area contributed by atoms with Crippen molar-refractivity contribution in [2.45, 2.75) is 31.7 Å². The monoisotopic (exact) mass is 473 g/mol. The summed E-state index contributed by atoms with van der Waals surface area (Å²) in [6, 6.07) is 19.8. The minimum Gasteiger partial charge on any atom is -0.457 e. The molecule has 1 amide bonds. The Hall–Kier alpha value is -3.90. The number of anilines is 1. The Morgan fingerprint density at radius 3 is 2.44 bits per heavy atom. The van der Waals surface area contributed by atoms with Crippen LogP contribution in [-0.4, -0.2) is 37.9 Å². The molecule has 0 aliphatic carbocycles. The molecule has 3 aromatic carbocycles. The van der Waals surface area contributed by atoms with Crippen LogP contribution in [0.4, 0.5) is 5.69 Å². The van der Waals surface area contributed by atoms with Crippen LogP contribution in [0.15, 0.2) is 79.1 Å². The van der Waals surface area contributed by atoms with Gasteiger partial charge in [-0.2, -0.15) is 0 Å².